The first-order chi connectivity index (χ1) is 6.93. The average Bonchev–Trinajstić information content (AvgIpc) is 2.92. The summed E-state index contributed by atoms with van der Waals surface area (Å²) >= 11 is 0. The number of carboxylic acids is 1. The molecule has 1 rings (SSSR count). The van der Waals surface area contributed by atoms with Crippen molar-refractivity contribution in [1.29, 1.82) is 0 Å². The lowest BCUT2D eigenvalue weighted by atomic mass is 10.2. The number of rotatable bonds is 5. The third-order valence-electron chi connectivity index (χ3n) is 1.84. The number of carbonyl (C=O) groups excluding carboxylic acids is 2. The van der Waals surface area contributed by atoms with Gasteiger partial charge in [-0.05, 0) is 0 Å². The quantitative estimate of drug-likeness (QED) is 0.356. The number of nitrogens with two attached hydrogens (primary N) is 2. The molecule has 84 valence electrons. The van der Waals surface area contributed by atoms with Gasteiger partial charge in [0.2, 0.25) is 5.91 Å². The number of nitrogens with one attached hydrogen (secondary N) is 1. The molecule has 2 unspecified atom stereocenters. The van der Waals surface area contributed by atoms with Crippen LogP contribution in [-0.2, 0) is 19.1 Å². The van der Waals surface area contributed by atoms with Gasteiger partial charge in [0.05, 0.1) is 0 Å². The second-order valence-electron chi connectivity index (χ2n) is 3.07. The Morgan fingerprint density at radius 1 is 1.40 bits per heavy atom. The van der Waals surface area contributed by atoms with Crippen LogP contribution in [0.3, 0.4) is 0 Å². The third kappa shape index (κ3) is 2.89. The summed E-state index contributed by atoms with van der Waals surface area (Å²) in [7, 11) is 0. The van der Waals surface area contributed by atoms with Crippen LogP contribution in [0, 0.1) is 0 Å². The van der Waals surface area contributed by atoms with Crippen LogP contribution >= 0.6 is 0 Å². The highest BCUT2D eigenvalue weighted by Crippen LogP contribution is 2.21. The molecule has 15 heavy (non-hydrogen) atoms. The fourth-order valence-electron chi connectivity index (χ4n) is 0.927. The Morgan fingerprint density at radius 3 is 2.40 bits per heavy atom. The lowest BCUT2D eigenvalue weighted by molar-refractivity contribution is -0.138. The summed E-state index contributed by atoms with van der Waals surface area (Å²) in [6, 6.07) is -1.18. The van der Waals surface area contributed by atoms with Crippen molar-refractivity contribution in [3.05, 3.63) is 0 Å². The predicted molar refractivity (Wildman–Crippen MR) is 46.5 cm³/mol. The van der Waals surface area contributed by atoms with Gasteiger partial charge in [0.25, 0.3) is 5.91 Å². The molecule has 0 aromatic carbocycles. The van der Waals surface area contributed by atoms with Gasteiger partial charge in [-0.3, -0.25) is 14.4 Å². The fourth-order valence-corrected chi connectivity index (χ4v) is 0.927. The summed E-state index contributed by atoms with van der Waals surface area (Å²) < 4.78 is 4.66. The average molecular weight is 217 g/mol. The monoisotopic (exact) mass is 217 g/mol. The summed E-state index contributed by atoms with van der Waals surface area (Å²) in [5.41, 5.74) is 10.0. The van der Waals surface area contributed by atoms with E-state index in [1.54, 1.807) is 0 Å². The van der Waals surface area contributed by atoms with Crippen molar-refractivity contribution in [2.75, 3.05) is 6.54 Å². The number of hydrogen-bond acceptors (Lipinski definition) is 5. The lowest BCUT2D eigenvalue weighted by Crippen LogP contribution is -2.44. The highest BCUT2D eigenvalue weighted by atomic mass is 16.6. The predicted octanol–water partition coefficient (Wildman–Crippen LogP) is -3.23. The molecular formula is C7H11N3O5. The number of hydrogen-bond donors (Lipinski definition) is 4. The molecule has 1 fully saturated rings. The molecular weight excluding hydrogens is 206 g/mol. The molecule has 0 aromatic rings. The Kier molecular flexibility index (Phi) is 3.22. The van der Waals surface area contributed by atoms with Crippen molar-refractivity contribution in [2.24, 2.45) is 11.5 Å². The van der Waals surface area contributed by atoms with Crippen molar-refractivity contribution < 1.29 is 24.2 Å². The molecule has 0 radical (unpaired) electrons. The van der Waals surface area contributed by atoms with E-state index in [2.05, 4.69) is 10.1 Å². The van der Waals surface area contributed by atoms with Gasteiger partial charge < -0.3 is 26.6 Å². The largest absolute Gasteiger partial charge is 0.480 e. The second-order valence-corrected chi connectivity index (χ2v) is 3.07. The van der Waals surface area contributed by atoms with Gasteiger partial charge in [0, 0.05) is 6.54 Å². The van der Waals surface area contributed by atoms with Gasteiger partial charge >= 0.3 is 5.97 Å². The van der Waals surface area contributed by atoms with Crippen molar-refractivity contribution >= 4 is 17.8 Å². The van der Waals surface area contributed by atoms with Gasteiger partial charge in [-0.25, -0.2) is 0 Å². The van der Waals surface area contributed by atoms with Gasteiger partial charge in [-0.1, -0.05) is 0 Å². The maximum absolute atomic E-state index is 11.2. The van der Waals surface area contributed by atoms with E-state index >= 15 is 0 Å². The van der Waals surface area contributed by atoms with E-state index in [1.807, 2.05) is 0 Å². The molecule has 0 saturated carbocycles. The summed E-state index contributed by atoms with van der Waals surface area (Å²) in [6.07, 6.45) is -1.82. The standard InChI is InChI=1S/C7H11N3O5/c8-2(7(13)14)1-10-6(12)4-3(15-4)5(9)11/h2-4H,1,8H2,(H2,9,11)(H,10,12)(H,13,14)/t2-,3?,4?/m0/s1. The Morgan fingerprint density at radius 2 is 2.00 bits per heavy atom. The number of ether oxygens (including phenoxy) is 1. The Hall–Kier alpha value is -1.67. The van der Waals surface area contributed by atoms with E-state index in [-0.39, 0.29) is 6.54 Å². The summed E-state index contributed by atoms with van der Waals surface area (Å²) in [5, 5.41) is 10.6. The number of primary amides is 1. The van der Waals surface area contributed by atoms with Crippen LogP contribution in [0.4, 0.5) is 0 Å². The van der Waals surface area contributed by atoms with E-state index in [0.717, 1.165) is 0 Å². The Balaban J connectivity index is 2.27. The topological polar surface area (TPSA) is 148 Å². The maximum Gasteiger partial charge on any atom is 0.322 e. The number of carbonyl (C=O) groups is 3. The van der Waals surface area contributed by atoms with Crippen LogP contribution in [0.5, 0.6) is 0 Å². The van der Waals surface area contributed by atoms with E-state index < -0.39 is 36.0 Å². The molecule has 8 heteroatoms. The Labute approximate surface area is 84.5 Å². The second kappa shape index (κ2) is 4.24. The van der Waals surface area contributed by atoms with E-state index in [4.69, 9.17) is 16.6 Å². The van der Waals surface area contributed by atoms with E-state index in [1.165, 1.54) is 0 Å². The first kappa shape index (κ1) is 11.4. The molecule has 0 spiro atoms. The molecule has 0 bridgehead atoms. The van der Waals surface area contributed by atoms with Crippen molar-refractivity contribution in [1.82, 2.24) is 5.32 Å². The molecule has 1 heterocycles. The molecule has 3 atom stereocenters. The maximum atomic E-state index is 11.2. The van der Waals surface area contributed by atoms with E-state index in [9.17, 15) is 14.4 Å². The first-order valence-electron chi connectivity index (χ1n) is 4.14. The molecule has 0 aromatic heterocycles. The molecule has 1 saturated heterocycles. The minimum Gasteiger partial charge on any atom is -0.480 e. The highest BCUT2D eigenvalue weighted by molar-refractivity contribution is 5.94. The molecule has 6 N–H and O–H groups in total. The van der Waals surface area contributed by atoms with Crippen LogP contribution in [0.1, 0.15) is 0 Å². The normalized spacial score (nSPS) is 25.4. The summed E-state index contributed by atoms with van der Waals surface area (Å²) in [6.45, 7) is -0.223. The van der Waals surface area contributed by atoms with Gasteiger partial charge in [-0.2, -0.15) is 0 Å². The molecule has 1 aliphatic rings. The van der Waals surface area contributed by atoms with Crippen LogP contribution in [0.25, 0.3) is 0 Å². The summed E-state index contributed by atoms with van der Waals surface area (Å²) in [5.74, 6) is -2.54. The van der Waals surface area contributed by atoms with Crippen LogP contribution in [-0.4, -0.2) is 47.7 Å². The summed E-state index contributed by atoms with van der Waals surface area (Å²) in [4.78, 5) is 32.0. The zero-order valence-electron chi connectivity index (χ0n) is 7.67. The fraction of sp³-hybridized carbons (Fsp3) is 0.571. The highest BCUT2D eigenvalue weighted by Gasteiger charge is 2.49. The van der Waals surface area contributed by atoms with Crippen LogP contribution in [0.15, 0.2) is 0 Å². The smallest absolute Gasteiger partial charge is 0.322 e. The van der Waals surface area contributed by atoms with Crippen LogP contribution < -0.4 is 16.8 Å². The minimum absolute atomic E-state index is 0.223. The number of aliphatic carboxylic acids is 1. The van der Waals surface area contributed by atoms with Gasteiger partial charge in [0.15, 0.2) is 12.2 Å². The van der Waals surface area contributed by atoms with Crippen LogP contribution in [0.2, 0.25) is 0 Å². The molecule has 8 nitrogen and oxygen atoms in total. The number of carboxylic acid groups (broad SMARTS) is 1. The molecule has 1 aliphatic heterocycles. The zero-order valence-corrected chi connectivity index (χ0v) is 7.67. The minimum atomic E-state index is -1.22. The van der Waals surface area contributed by atoms with Crippen molar-refractivity contribution in [3.8, 4) is 0 Å². The third-order valence-corrected chi connectivity index (χ3v) is 1.84. The molecule has 2 amide bonds. The van der Waals surface area contributed by atoms with Crippen molar-refractivity contribution in [3.63, 3.8) is 0 Å². The SMILES string of the molecule is NC(=O)C1OC1C(=O)NC[C@H](N)C(=O)O. The number of epoxide rings is 1. The first-order valence-corrected chi connectivity index (χ1v) is 4.14. The molecule has 0 aliphatic carbocycles. The lowest BCUT2D eigenvalue weighted by Gasteiger charge is -2.06. The van der Waals surface area contributed by atoms with Gasteiger partial charge in [0.1, 0.15) is 6.04 Å². The van der Waals surface area contributed by atoms with E-state index in [0.29, 0.717) is 0 Å². The zero-order chi connectivity index (χ0) is 11.6. The van der Waals surface area contributed by atoms with Crippen molar-refractivity contribution in [2.45, 2.75) is 18.2 Å². The Bertz CT molecular complexity index is 305. The van der Waals surface area contributed by atoms with Gasteiger partial charge in [-0.15, -0.1) is 0 Å². The number of amides is 2.